The number of aromatic nitrogens is 2. The first-order chi connectivity index (χ1) is 12.6. The zero-order valence-electron chi connectivity index (χ0n) is 15.4. The van der Waals surface area contributed by atoms with Gasteiger partial charge in [0.05, 0.1) is 25.8 Å². The lowest BCUT2D eigenvalue weighted by atomic mass is 10.2. The van der Waals surface area contributed by atoms with E-state index in [0.717, 1.165) is 34.5 Å². The molecule has 0 fully saturated rings. The molecule has 0 aliphatic rings. The molecule has 3 aromatic rings. The average Bonchev–Trinajstić information content (AvgIpc) is 2.63. The molecular formula is C20H24N4O2. The van der Waals surface area contributed by atoms with E-state index in [9.17, 15) is 0 Å². The van der Waals surface area contributed by atoms with Crippen LogP contribution in [0.2, 0.25) is 0 Å². The Bertz CT molecular complexity index is 898. The summed E-state index contributed by atoms with van der Waals surface area (Å²) in [6, 6.07) is 13.8. The monoisotopic (exact) mass is 352 g/mol. The van der Waals surface area contributed by atoms with Crippen molar-refractivity contribution in [2.24, 2.45) is 0 Å². The summed E-state index contributed by atoms with van der Waals surface area (Å²) in [6.07, 6.45) is 0. The highest BCUT2D eigenvalue weighted by Gasteiger charge is 2.10. The second kappa shape index (κ2) is 8.01. The van der Waals surface area contributed by atoms with E-state index in [1.165, 1.54) is 0 Å². The van der Waals surface area contributed by atoms with Gasteiger partial charge < -0.3 is 15.2 Å². The van der Waals surface area contributed by atoms with Crippen molar-refractivity contribution >= 4 is 16.7 Å². The van der Waals surface area contributed by atoms with E-state index in [0.29, 0.717) is 24.8 Å². The van der Waals surface area contributed by atoms with E-state index in [-0.39, 0.29) is 0 Å². The molecule has 0 spiro atoms. The van der Waals surface area contributed by atoms with Gasteiger partial charge in [0.25, 0.3) is 0 Å². The van der Waals surface area contributed by atoms with Crippen molar-refractivity contribution in [1.82, 2.24) is 14.9 Å². The van der Waals surface area contributed by atoms with Crippen molar-refractivity contribution in [2.75, 3.05) is 26.5 Å². The van der Waals surface area contributed by atoms with E-state index in [1.54, 1.807) is 7.11 Å². The molecule has 1 heterocycles. The predicted molar refractivity (Wildman–Crippen MR) is 103 cm³/mol. The number of rotatable bonds is 7. The first kappa shape index (κ1) is 17.9. The standard InChI is InChI=1S/C20H24N4O2/c1-4-26-17-10-9-14(11-18(17)25-3)12-24(2)13-19-22-16-8-6-5-7-15(16)20(21)23-19/h5-11H,4,12-13H2,1-3H3,(H2,21,22,23). The highest BCUT2D eigenvalue weighted by molar-refractivity contribution is 5.87. The number of benzene rings is 2. The lowest BCUT2D eigenvalue weighted by molar-refractivity contribution is 0.302. The number of hydrogen-bond acceptors (Lipinski definition) is 6. The molecule has 1 aromatic heterocycles. The minimum absolute atomic E-state index is 0.515. The largest absolute Gasteiger partial charge is 0.493 e. The zero-order chi connectivity index (χ0) is 18.5. The quantitative estimate of drug-likeness (QED) is 0.704. The summed E-state index contributed by atoms with van der Waals surface area (Å²) in [5, 5.41) is 0.884. The molecule has 2 aromatic carbocycles. The number of nitrogens with two attached hydrogens (primary N) is 1. The van der Waals surface area contributed by atoms with Crippen LogP contribution in [0.4, 0.5) is 5.82 Å². The van der Waals surface area contributed by atoms with Gasteiger partial charge in [-0.15, -0.1) is 0 Å². The number of anilines is 1. The lowest BCUT2D eigenvalue weighted by Gasteiger charge is -2.18. The molecule has 0 saturated heterocycles. The molecule has 0 amide bonds. The minimum atomic E-state index is 0.515. The van der Waals surface area contributed by atoms with E-state index in [2.05, 4.69) is 14.9 Å². The molecule has 26 heavy (non-hydrogen) atoms. The third kappa shape index (κ3) is 4.03. The molecule has 6 nitrogen and oxygen atoms in total. The Morgan fingerprint density at radius 2 is 1.85 bits per heavy atom. The minimum Gasteiger partial charge on any atom is -0.493 e. The summed E-state index contributed by atoms with van der Waals surface area (Å²) in [4.78, 5) is 11.2. The number of ether oxygens (including phenoxy) is 2. The van der Waals surface area contributed by atoms with Crippen LogP contribution in [0.5, 0.6) is 11.5 Å². The number of hydrogen-bond donors (Lipinski definition) is 1. The molecular weight excluding hydrogens is 328 g/mol. The average molecular weight is 352 g/mol. The highest BCUT2D eigenvalue weighted by Crippen LogP contribution is 2.28. The van der Waals surface area contributed by atoms with Crippen LogP contribution in [0, 0.1) is 0 Å². The third-order valence-electron chi connectivity index (χ3n) is 4.07. The van der Waals surface area contributed by atoms with E-state index >= 15 is 0 Å². The number of fused-ring (bicyclic) bond motifs is 1. The van der Waals surface area contributed by atoms with Crippen LogP contribution in [-0.4, -0.2) is 35.6 Å². The first-order valence-corrected chi connectivity index (χ1v) is 8.60. The van der Waals surface area contributed by atoms with Gasteiger partial charge in [-0.3, -0.25) is 4.90 Å². The molecule has 0 atom stereocenters. The predicted octanol–water partition coefficient (Wildman–Crippen LogP) is 3.25. The molecule has 0 unspecified atom stereocenters. The van der Waals surface area contributed by atoms with Crippen LogP contribution < -0.4 is 15.2 Å². The molecule has 2 N–H and O–H groups in total. The molecule has 136 valence electrons. The van der Waals surface area contributed by atoms with Crippen molar-refractivity contribution < 1.29 is 9.47 Å². The van der Waals surface area contributed by atoms with Gasteiger partial charge in [-0.05, 0) is 43.8 Å². The van der Waals surface area contributed by atoms with Crippen LogP contribution in [-0.2, 0) is 13.1 Å². The van der Waals surface area contributed by atoms with E-state index < -0.39 is 0 Å². The molecule has 0 bridgehead atoms. The molecule has 0 saturated carbocycles. The zero-order valence-corrected chi connectivity index (χ0v) is 15.4. The number of para-hydroxylation sites is 1. The van der Waals surface area contributed by atoms with Gasteiger partial charge in [0, 0.05) is 11.9 Å². The Morgan fingerprint density at radius 1 is 1.04 bits per heavy atom. The fourth-order valence-electron chi connectivity index (χ4n) is 2.92. The smallest absolute Gasteiger partial charge is 0.161 e. The summed E-state index contributed by atoms with van der Waals surface area (Å²) >= 11 is 0. The Labute approximate surface area is 153 Å². The van der Waals surface area contributed by atoms with Crippen molar-refractivity contribution in [2.45, 2.75) is 20.0 Å². The van der Waals surface area contributed by atoms with Gasteiger partial charge in [0.2, 0.25) is 0 Å². The van der Waals surface area contributed by atoms with E-state index in [4.69, 9.17) is 15.2 Å². The number of methoxy groups -OCH3 is 1. The van der Waals surface area contributed by atoms with Gasteiger partial charge in [0.1, 0.15) is 11.6 Å². The van der Waals surface area contributed by atoms with Crippen molar-refractivity contribution in [3.63, 3.8) is 0 Å². The van der Waals surface area contributed by atoms with Crippen LogP contribution >= 0.6 is 0 Å². The fourth-order valence-corrected chi connectivity index (χ4v) is 2.92. The van der Waals surface area contributed by atoms with Crippen molar-refractivity contribution in [3.05, 3.63) is 53.9 Å². The summed E-state index contributed by atoms with van der Waals surface area (Å²) in [6.45, 7) is 3.90. The molecule has 0 aliphatic carbocycles. The molecule has 3 rings (SSSR count). The second-order valence-corrected chi connectivity index (χ2v) is 6.13. The van der Waals surface area contributed by atoms with Crippen molar-refractivity contribution in [1.29, 1.82) is 0 Å². The van der Waals surface area contributed by atoms with Crippen LogP contribution in [0.15, 0.2) is 42.5 Å². The summed E-state index contributed by atoms with van der Waals surface area (Å²) in [5.41, 5.74) is 8.06. The normalized spacial score (nSPS) is 11.1. The van der Waals surface area contributed by atoms with Crippen LogP contribution in [0.25, 0.3) is 10.9 Å². The maximum atomic E-state index is 6.07. The molecule has 0 aliphatic heterocycles. The summed E-state index contributed by atoms with van der Waals surface area (Å²) in [5.74, 6) is 2.72. The van der Waals surface area contributed by atoms with Crippen LogP contribution in [0.1, 0.15) is 18.3 Å². The van der Waals surface area contributed by atoms with Gasteiger partial charge >= 0.3 is 0 Å². The van der Waals surface area contributed by atoms with Gasteiger partial charge in [-0.2, -0.15) is 0 Å². The SMILES string of the molecule is CCOc1ccc(CN(C)Cc2nc(N)c3ccccc3n2)cc1OC. The lowest BCUT2D eigenvalue weighted by Crippen LogP contribution is -2.19. The van der Waals surface area contributed by atoms with Gasteiger partial charge in [-0.25, -0.2) is 9.97 Å². The van der Waals surface area contributed by atoms with Crippen molar-refractivity contribution in [3.8, 4) is 11.5 Å². The van der Waals surface area contributed by atoms with Gasteiger partial charge in [-0.1, -0.05) is 18.2 Å². The topological polar surface area (TPSA) is 73.5 Å². The van der Waals surface area contributed by atoms with E-state index in [1.807, 2.05) is 56.4 Å². The number of nitrogen functional groups attached to an aromatic ring is 1. The Kier molecular flexibility index (Phi) is 5.53. The maximum Gasteiger partial charge on any atom is 0.161 e. The highest BCUT2D eigenvalue weighted by atomic mass is 16.5. The Hall–Kier alpha value is -2.86. The third-order valence-corrected chi connectivity index (χ3v) is 4.07. The number of nitrogens with zero attached hydrogens (tertiary/aromatic N) is 3. The Balaban J connectivity index is 1.73. The second-order valence-electron chi connectivity index (χ2n) is 6.13. The summed E-state index contributed by atoms with van der Waals surface area (Å²) < 4.78 is 11.0. The fraction of sp³-hybridized carbons (Fsp3) is 0.300. The summed E-state index contributed by atoms with van der Waals surface area (Å²) in [7, 11) is 3.68. The molecule has 6 heteroatoms. The first-order valence-electron chi connectivity index (χ1n) is 8.60. The molecule has 0 radical (unpaired) electrons. The maximum absolute atomic E-state index is 6.07. The van der Waals surface area contributed by atoms with Gasteiger partial charge in [0.15, 0.2) is 11.5 Å². The Morgan fingerprint density at radius 3 is 2.62 bits per heavy atom. The van der Waals surface area contributed by atoms with Crippen LogP contribution in [0.3, 0.4) is 0 Å².